The second-order valence-electron chi connectivity index (χ2n) is 6.20. The summed E-state index contributed by atoms with van der Waals surface area (Å²) in [4.78, 5) is 19.2. The Bertz CT molecular complexity index is 968. The monoisotopic (exact) mass is 394 g/mol. The second kappa shape index (κ2) is 8.06. The van der Waals surface area contributed by atoms with E-state index in [0.717, 1.165) is 29.8 Å². The smallest absolute Gasteiger partial charge is 0.267 e. The molecule has 1 aromatic heterocycles. The molecular formula is C21H20N3OS2+. The van der Waals surface area contributed by atoms with Crippen molar-refractivity contribution >= 4 is 39.3 Å². The summed E-state index contributed by atoms with van der Waals surface area (Å²) in [5.74, 6) is -0.197. The van der Waals surface area contributed by atoms with E-state index in [1.54, 1.807) is 23.5 Å². The number of thioether (sulfide) groups is 1. The van der Waals surface area contributed by atoms with Gasteiger partial charge in [-0.05, 0) is 18.4 Å². The molecule has 136 valence electrons. The van der Waals surface area contributed by atoms with Crippen LogP contribution in [-0.2, 0) is 6.54 Å². The fourth-order valence-electron chi connectivity index (χ4n) is 3.21. The summed E-state index contributed by atoms with van der Waals surface area (Å²) in [6.07, 6.45) is 3.00. The number of aliphatic imine (C=N–C) groups is 1. The van der Waals surface area contributed by atoms with E-state index in [1.807, 2.05) is 30.5 Å². The van der Waals surface area contributed by atoms with Crippen LogP contribution in [0.15, 0.2) is 71.0 Å². The number of anilines is 1. The number of fused-ring (bicyclic) bond motifs is 1. The van der Waals surface area contributed by atoms with Crippen LogP contribution in [0.1, 0.15) is 16.8 Å². The first-order valence-corrected chi connectivity index (χ1v) is 10.9. The summed E-state index contributed by atoms with van der Waals surface area (Å²) in [6.45, 7) is 1.85. The number of thiazole rings is 1. The number of aromatic nitrogens is 1. The molecule has 0 spiro atoms. The van der Waals surface area contributed by atoms with Crippen molar-refractivity contribution in [2.24, 2.45) is 4.99 Å². The fourth-order valence-corrected chi connectivity index (χ4v) is 4.94. The molecule has 2 aromatic carbocycles. The van der Waals surface area contributed by atoms with Crippen LogP contribution in [0.25, 0.3) is 11.3 Å². The van der Waals surface area contributed by atoms with Gasteiger partial charge in [-0.2, -0.15) is 9.89 Å². The van der Waals surface area contributed by atoms with Crippen LogP contribution in [0.3, 0.4) is 0 Å². The van der Waals surface area contributed by atoms with Gasteiger partial charge in [0.05, 0.1) is 13.1 Å². The Labute approximate surface area is 167 Å². The van der Waals surface area contributed by atoms with E-state index in [0.29, 0.717) is 5.56 Å². The zero-order valence-electron chi connectivity index (χ0n) is 15.0. The molecule has 0 fully saturated rings. The number of carbonyl (C=O) groups excluding carboxylic acids is 1. The van der Waals surface area contributed by atoms with Crippen LogP contribution < -0.4 is 9.47 Å². The van der Waals surface area contributed by atoms with Crippen molar-refractivity contribution in [1.82, 2.24) is 0 Å². The number of benzene rings is 2. The predicted octanol–water partition coefficient (Wildman–Crippen LogP) is 4.47. The zero-order valence-corrected chi connectivity index (χ0v) is 16.7. The van der Waals surface area contributed by atoms with Crippen LogP contribution in [0.2, 0.25) is 0 Å². The highest BCUT2D eigenvalue weighted by Crippen LogP contribution is 2.30. The first-order chi connectivity index (χ1) is 13.3. The average Bonchev–Trinajstić information content (AvgIpc) is 3.17. The Morgan fingerprint density at radius 1 is 1.11 bits per heavy atom. The molecule has 0 radical (unpaired) electrons. The summed E-state index contributed by atoms with van der Waals surface area (Å²) in [5, 5.41) is 4.08. The van der Waals surface area contributed by atoms with Gasteiger partial charge in [0.2, 0.25) is 0 Å². The number of amidine groups is 1. The molecule has 0 atom stereocenters. The SMILES string of the molecule is CSC(=NC(=O)c1ccccc1)N1CCC[n+]2c(-c3ccccc3)csc21. The third-order valence-corrected chi connectivity index (χ3v) is 6.16. The Hall–Kier alpha value is -2.44. The fraction of sp³-hybridized carbons (Fsp3) is 0.190. The van der Waals surface area contributed by atoms with Gasteiger partial charge in [-0.15, -0.1) is 0 Å². The number of carbonyl (C=O) groups is 1. The normalized spacial score (nSPS) is 14.1. The maximum absolute atomic E-state index is 12.6. The van der Waals surface area contributed by atoms with Gasteiger partial charge in [-0.1, -0.05) is 71.6 Å². The van der Waals surface area contributed by atoms with Gasteiger partial charge in [-0.25, -0.2) is 4.57 Å². The van der Waals surface area contributed by atoms with E-state index in [9.17, 15) is 4.79 Å². The predicted molar refractivity (Wildman–Crippen MR) is 114 cm³/mol. The van der Waals surface area contributed by atoms with Crippen molar-refractivity contribution < 1.29 is 9.36 Å². The molecule has 3 aromatic rings. The van der Waals surface area contributed by atoms with Gasteiger partial charge in [0, 0.05) is 22.9 Å². The summed E-state index contributed by atoms with van der Waals surface area (Å²) < 4.78 is 2.34. The molecule has 6 heteroatoms. The Kier molecular flexibility index (Phi) is 5.36. The lowest BCUT2D eigenvalue weighted by Crippen LogP contribution is -2.49. The number of hydrogen-bond donors (Lipinski definition) is 0. The van der Waals surface area contributed by atoms with Gasteiger partial charge in [0.25, 0.3) is 11.1 Å². The summed E-state index contributed by atoms with van der Waals surface area (Å²) >= 11 is 3.22. The van der Waals surface area contributed by atoms with Crippen molar-refractivity contribution in [3.63, 3.8) is 0 Å². The minimum absolute atomic E-state index is 0.197. The summed E-state index contributed by atoms with van der Waals surface area (Å²) in [5.41, 5.74) is 3.05. The second-order valence-corrected chi connectivity index (χ2v) is 7.81. The van der Waals surface area contributed by atoms with E-state index < -0.39 is 0 Å². The van der Waals surface area contributed by atoms with Gasteiger partial charge in [0.1, 0.15) is 5.69 Å². The molecule has 0 unspecified atom stereocenters. The van der Waals surface area contributed by atoms with E-state index in [-0.39, 0.29) is 5.91 Å². The van der Waals surface area contributed by atoms with Gasteiger partial charge in [0.15, 0.2) is 0 Å². The van der Waals surface area contributed by atoms with Gasteiger partial charge in [-0.3, -0.25) is 4.79 Å². The molecule has 1 amide bonds. The first kappa shape index (κ1) is 17.9. The molecule has 0 saturated heterocycles. The summed E-state index contributed by atoms with van der Waals surface area (Å²) in [7, 11) is 0. The molecule has 4 nitrogen and oxygen atoms in total. The molecule has 0 bridgehead atoms. The third-order valence-electron chi connectivity index (χ3n) is 4.49. The Balaban J connectivity index is 1.68. The Morgan fingerprint density at radius 3 is 2.52 bits per heavy atom. The third kappa shape index (κ3) is 3.68. The van der Waals surface area contributed by atoms with E-state index >= 15 is 0 Å². The highest BCUT2D eigenvalue weighted by molar-refractivity contribution is 8.13. The lowest BCUT2D eigenvalue weighted by molar-refractivity contribution is -0.673. The maximum Gasteiger partial charge on any atom is 0.343 e. The molecule has 1 aliphatic rings. The van der Waals surface area contributed by atoms with Crippen molar-refractivity contribution in [2.75, 3.05) is 17.7 Å². The van der Waals surface area contributed by atoms with Crippen molar-refractivity contribution in [3.8, 4) is 11.3 Å². The number of amides is 1. The van der Waals surface area contributed by atoms with Gasteiger partial charge < -0.3 is 0 Å². The van der Waals surface area contributed by atoms with Crippen LogP contribution in [0, 0.1) is 0 Å². The molecule has 2 heterocycles. The zero-order chi connectivity index (χ0) is 18.6. The number of hydrogen-bond acceptors (Lipinski definition) is 3. The Morgan fingerprint density at radius 2 is 1.81 bits per heavy atom. The summed E-state index contributed by atoms with van der Waals surface area (Å²) in [6, 6.07) is 19.7. The lowest BCUT2D eigenvalue weighted by Gasteiger charge is -2.21. The van der Waals surface area contributed by atoms with Crippen molar-refractivity contribution in [1.29, 1.82) is 0 Å². The van der Waals surface area contributed by atoms with E-state index in [4.69, 9.17) is 0 Å². The van der Waals surface area contributed by atoms with Crippen LogP contribution in [-0.4, -0.2) is 23.9 Å². The molecule has 1 aliphatic heterocycles. The highest BCUT2D eigenvalue weighted by atomic mass is 32.2. The molecule has 0 aliphatic carbocycles. The number of nitrogens with zero attached hydrogens (tertiary/aromatic N) is 3. The molecular weight excluding hydrogens is 374 g/mol. The molecule has 4 rings (SSSR count). The van der Waals surface area contributed by atoms with Crippen LogP contribution >= 0.6 is 23.1 Å². The van der Waals surface area contributed by atoms with Crippen LogP contribution in [0.5, 0.6) is 0 Å². The number of rotatable bonds is 2. The van der Waals surface area contributed by atoms with E-state index in [1.165, 1.54) is 23.0 Å². The minimum Gasteiger partial charge on any atom is -0.267 e. The minimum atomic E-state index is -0.197. The largest absolute Gasteiger partial charge is 0.343 e. The highest BCUT2D eigenvalue weighted by Gasteiger charge is 2.33. The van der Waals surface area contributed by atoms with Crippen molar-refractivity contribution in [2.45, 2.75) is 13.0 Å². The maximum atomic E-state index is 12.6. The molecule has 0 N–H and O–H groups in total. The lowest BCUT2D eigenvalue weighted by atomic mass is 10.1. The molecule has 27 heavy (non-hydrogen) atoms. The standard InChI is InChI=1S/C21H20N3OS2/c1-26-20(22-19(25)17-11-6-3-7-12-17)24-14-8-13-23-18(15-27-21(23)24)16-9-4-2-5-10-16/h2-7,9-12,15H,8,13-14H2,1H3/q+1. The van der Waals surface area contributed by atoms with E-state index in [2.05, 4.69) is 44.1 Å². The average molecular weight is 395 g/mol. The topological polar surface area (TPSA) is 36.6 Å². The molecule has 0 saturated carbocycles. The quantitative estimate of drug-likeness (QED) is 0.365. The van der Waals surface area contributed by atoms with Gasteiger partial charge >= 0.3 is 5.13 Å². The first-order valence-electron chi connectivity index (χ1n) is 8.84. The van der Waals surface area contributed by atoms with Crippen LogP contribution in [0.4, 0.5) is 5.13 Å². The van der Waals surface area contributed by atoms with Crippen molar-refractivity contribution in [3.05, 3.63) is 71.6 Å².